The minimum Gasteiger partial charge on any atom is -0.384 e. The van der Waals surface area contributed by atoms with Gasteiger partial charge in [0.2, 0.25) is 0 Å². The van der Waals surface area contributed by atoms with E-state index in [4.69, 9.17) is 5.73 Å². The molecule has 78 valence electrons. The van der Waals surface area contributed by atoms with Crippen molar-refractivity contribution in [2.45, 2.75) is 12.3 Å². The number of aliphatic hydroxyl groups excluding tert-OH is 1. The number of hydrogen-bond donors (Lipinski definition) is 3. The minimum atomic E-state index is -0.891. The third-order valence-corrected chi connectivity index (χ3v) is 1.98. The Morgan fingerprint density at radius 1 is 1.33 bits per heavy atom. The van der Waals surface area contributed by atoms with Gasteiger partial charge >= 0.3 is 0 Å². The molecular weight excluding hydrogens is 194 g/mol. The third kappa shape index (κ3) is 2.10. The van der Waals surface area contributed by atoms with Crippen LogP contribution in [0.15, 0.2) is 45.7 Å². The fraction of sp³-hybridized carbons (Fsp3) is 0.222. The quantitative estimate of drug-likeness (QED) is 0.607. The van der Waals surface area contributed by atoms with Gasteiger partial charge in [0, 0.05) is 0 Å². The molecule has 6 nitrogen and oxygen atoms in total. The van der Waals surface area contributed by atoms with Gasteiger partial charge in [-0.05, 0) is 12.1 Å². The molecule has 1 aliphatic heterocycles. The minimum absolute atomic E-state index is 0.238. The molecule has 0 saturated carbocycles. The highest BCUT2D eigenvalue weighted by molar-refractivity contribution is 5.87. The van der Waals surface area contributed by atoms with Crippen LogP contribution in [0.1, 0.15) is 0 Å². The van der Waals surface area contributed by atoms with Crippen molar-refractivity contribution in [2.24, 2.45) is 21.1 Å². The molecule has 0 radical (unpaired) electrons. The third-order valence-electron chi connectivity index (χ3n) is 1.98. The van der Waals surface area contributed by atoms with E-state index in [2.05, 4.69) is 20.8 Å². The molecule has 1 heterocycles. The SMILES string of the molecule is NC1=NN[C@@H](O)[C@@H]1N=Nc1ccccc1. The molecule has 2 rings (SSSR count). The van der Waals surface area contributed by atoms with Crippen LogP contribution in [-0.4, -0.2) is 23.2 Å². The summed E-state index contributed by atoms with van der Waals surface area (Å²) in [5.41, 5.74) is 8.64. The standard InChI is InChI=1S/C9H11N5O/c10-8-7(9(15)14-13-8)12-11-6-4-2-1-3-5-6/h1-5,7,9,14-15H,(H2,10,13)/t7-,9+/m1/s1. The van der Waals surface area contributed by atoms with E-state index in [1.165, 1.54) is 0 Å². The Labute approximate surface area is 86.5 Å². The maximum absolute atomic E-state index is 9.38. The van der Waals surface area contributed by atoms with Gasteiger partial charge in [-0.1, -0.05) is 18.2 Å². The highest BCUT2D eigenvalue weighted by Gasteiger charge is 2.27. The van der Waals surface area contributed by atoms with Crippen molar-refractivity contribution in [3.63, 3.8) is 0 Å². The van der Waals surface area contributed by atoms with Crippen LogP contribution in [0.5, 0.6) is 0 Å². The zero-order chi connectivity index (χ0) is 10.7. The molecule has 0 aliphatic carbocycles. The number of nitrogens with two attached hydrogens (primary N) is 1. The predicted molar refractivity (Wildman–Crippen MR) is 55.5 cm³/mol. The lowest BCUT2D eigenvalue weighted by molar-refractivity contribution is 0.142. The smallest absolute Gasteiger partial charge is 0.175 e. The molecule has 0 amide bonds. The van der Waals surface area contributed by atoms with Gasteiger partial charge < -0.3 is 10.8 Å². The van der Waals surface area contributed by atoms with Gasteiger partial charge in [-0.3, -0.25) is 5.43 Å². The van der Waals surface area contributed by atoms with E-state index in [1.807, 2.05) is 30.3 Å². The average molecular weight is 205 g/mol. The van der Waals surface area contributed by atoms with Crippen molar-refractivity contribution < 1.29 is 5.11 Å². The number of rotatable bonds is 2. The van der Waals surface area contributed by atoms with Gasteiger partial charge in [-0.2, -0.15) is 15.3 Å². The Morgan fingerprint density at radius 3 is 2.67 bits per heavy atom. The lowest BCUT2D eigenvalue weighted by Crippen LogP contribution is -2.35. The molecule has 1 aromatic carbocycles. The summed E-state index contributed by atoms with van der Waals surface area (Å²) in [6.45, 7) is 0. The Morgan fingerprint density at radius 2 is 2.07 bits per heavy atom. The fourth-order valence-corrected chi connectivity index (χ4v) is 1.18. The molecule has 1 aromatic rings. The Hall–Kier alpha value is -1.95. The summed E-state index contributed by atoms with van der Waals surface area (Å²) in [6.07, 6.45) is -0.891. The van der Waals surface area contributed by atoms with Gasteiger partial charge in [0.25, 0.3) is 0 Å². The van der Waals surface area contributed by atoms with E-state index in [-0.39, 0.29) is 5.84 Å². The summed E-state index contributed by atoms with van der Waals surface area (Å²) in [6, 6.07) is 8.62. The molecule has 6 heteroatoms. The number of hydrogen-bond acceptors (Lipinski definition) is 6. The van der Waals surface area contributed by atoms with Crippen LogP contribution in [0.3, 0.4) is 0 Å². The van der Waals surface area contributed by atoms with Crippen LogP contribution in [-0.2, 0) is 0 Å². The second-order valence-electron chi connectivity index (χ2n) is 3.11. The predicted octanol–water partition coefficient (Wildman–Crippen LogP) is 0.333. The summed E-state index contributed by atoms with van der Waals surface area (Å²) in [5, 5.41) is 20.9. The number of amidine groups is 1. The van der Waals surface area contributed by atoms with Crippen molar-refractivity contribution in [1.29, 1.82) is 0 Å². The Kier molecular flexibility index (Phi) is 2.59. The van der Waals surface area contributed by atoms with E-state index >= 15 is 0 Å². The van der Waals surface area contributed by atoms with Gasteiger partial charge in [-0.25, -0.2) is 0 Å². The van der Waals surface area contributed by atoms with Crippen LogP contribution in [0.2, 0.25) is 0 Å². The summed E-state index contributed by atoms with van der Waals surface area (Å²) >= 11 is 0. The Bertz CT molecular complexity index is 389. The largest absolute Gasteiger partial charge is 0.384 e. The highest BCUT2D eigenvalue weighted by atomic mass is 16.3. The van der Waals surface area contributed by atoms with Gasteiger partial charge in [0.15, 0.2) is 18.1 Å². The van der Waals surface area contributed by atoms with E-state index in [0.29, 0.717) is 5.69 Å². The van der Waals surface area contributed by atoms with Gasteiger partial charge in [-0.15, -0.1) is 0 Å². The van der Waals surface area contributed by atoms with Crippen molar-refractivity contribution in [1.82, 2.24) is 5.43 Å². The summed E-state index contributed by atoms with van der Waals surface area (Å²) in [7, 11) is 0. The van der Waals surface area contributed by atoms with E-state index in [0.717, 1.165) is 0 Å². The van der Waals surface area contributed by atoms with Crippen LogP contribution in [0, 0.1) is 0 Å². The molecule has 0 spiro atoms. The molecule has 15 heavy (non-hydrogen) atoms. The Balaban J connectivity index is 2.09. The topological polar surface area (TPSA) is 95.4 Å². The highest BCUT2D eigenvalue weighted by Crippen LogP contribution is 2.13. The van der Waals surface area contributed by atoms with E-state index in [9.17, 15) is 5.11 Å². The molecule has 0 fully saturated rings. The second-order valence-corrected chi connectivity index (χ2v) is 3.11. The molecular formula is C9H11N5O. The second kappa shape index (κ2) is 4.05. The number of nitrogens with one attached hydrogen (secondary N) is 1. The van der Waals surface area contributed by atoms with E-state index in [1.54, 1.807) is 0 Å². The summed E-state index contributed by atoms with van der Waals surface area (Å²) in [5.74, 6) is 0.238. The number of nitrogens with zero attached hydrogens (tertiary/aromatic N) is 3. The van der Waals surface area contributed by atoms with Gasteiger partial charge in [0.05, 0.1) is 5.69 Å². The lowest BCUT2D eigenvalue weighted by atomic mass is 10.3. The number of azo groups is 1. The first-order valence-corrected chi connectivity index (χ1v) is 4.50. The lowest BCUT2D eigenvalue weighted by Gasteiger charge is -2.06. The molecule has 0 unspecified atom stereocenters. The zero-order valence-corrected chi connectivity index (χ0v) is 7.91. The van der Waals surface area contributed by atoms with Crippen molar-refractivity contribution in [2.75, 3.05) is 0 Å². The monoisotopic (exact) mass is 205 g/mol. The van der Waals surface area contributed by atoms with Gasteiger partial charge in [0.1, 0.15) is 0 Å². The first-order valence-electron chi connectivity index (χ1n) is 4.50. The number of hydrazone groups is 1. The molecule has 2 atom stereocenters. The normalized spacial score (nSPS) is 25.3. The molecule has 1 aliphatic rings. The van der Waals surface area contributed by atoms with Crippen molar-refractivity contribution in [3.8, 4) is 0 Å². The summed E-state index contributed by atoms with van der Waals surface area (Å²) in [4.78, 5) is 0. The van der Waals surface area contributed by atoms with Crippen LogP contribution in [0.25, 0.3) is 0 Å². The maximum Gasteiger partial charge on any atom is 0.175 e. The van der Waals surface area contributed by atoms with Crippen LogP contribution >= 0.6 is 0 Å². The van der Waals surface area contributed by atoms with Crippen LogP contribution < -0.4 is 11.2 Å². The maximum atomic E-state index is 9.38. The molecule has 0 aromatic heterocycles. The van der Waals surface area contributed by atoms with Crippen LogP contribution in [0.4, 0.5) is 5.69 Å². The zero-order valence-electron chi connectivity index (χ0n) is 7.91. The fourth-order valence-electron chi connectivity index (χ4n) is 1.18. The van der Waals surface area contributed by atoms with Crippen molar-refractivity contribution >= 4 is 11.5 Å². The molecule has 0 saturated heterocycles. The number of benzene rings is 1. The van der Waals surface area contributed by atoms with Crippen molar-refractivity contribution in [3.05, 3.63) is 30.3 Å². The molecule has 0 bridgehead atoms. The van der Waals surface area contributed by atoms with E-state index < -0.39 is 12.3 Å². The average Bonchev–Trinajstić information content (AvgIpc) is 2.58. The first-order chi connectivity index (χ1) is 7.27. The molecule has 4 N–H and O–H groups in total. The first kappa shape index (κ1) is 9.60. The number of aliphatic hydroxyl groups is 1. The summed E-state index contributed by atoms with van der Waals surface area (Å²) < 4.78 is 0.